The van der Waals surface area contributed by atoms with Gasteiger partial charge in [-0.3, -0.25) is 0 Å². The zero-order valence-corrected chi connectivity index (χ0v) is 13.1. The Hall–Kier alpha value is -1.89. The third-order valence-electron chi connectivity index (χ3n) is 2.50. The van der Waals surface area contributed by atoms with E-state index in [0.29, 0.717) is 17.1 Å². The molecule has 106 valence electrons. The van der Waals surface area contributed by atoms with Crippen LogP contribution < -0.4 is 10.2 Å². The monoisotopic (exact) mass is 290 g/mol. The minimum absolute atomic E-state index is 0.551. The fourth-order valence-electron chi connectivity index (χ4n) is 1.65. The highest BCUT2D eigenvalue weighted by Gasteiger charge is 2.10. The minimum atomic E-state index is 0.551. The van der Waals surface area contributed by atoms with Crippen LogP contribution in [0, 0.1) is 13.8 Å². The van der Waals surface area contributed by atoms with E-state index in [9.17, 15) is 0 Å². The van der Waals surface area contributed by atoms with Crippen molar-refractivity contribution in [3.05, 3.63) is 23.4 Å². The quantitative estimate of drug-likeness (QED) is 0.925. The molecular formula is C13H18N6S. The molecular weight excluding hydrogens is 272 g/mol. The molecule has 0 fully saturated rings. The molecule has 0 atom stereocenters. The van der Waals surface area contributed by atoms with Crippen molar-refractivity contribution in [3.8, 4) is 0 Å². The van der Waals surface area contributed by atoms with Crippen molar-refractivity contribution < 1.29 is 0 Å². The predicted octanol–water partition coefficient (Wildman–Crippen LogP) is 2.14. The Morgan fingerprint density at radius 2 is 1.80 bits per heavy atom. The van der Waals surface area contributed by atoms with Crippen molar-refractivity contribution in [2.75, 3.05) is 31.4 Å². The number of anilines is 2. The van der Waals surface area contributed by atoms with Crippen molar-refractivity contribution in [1.82, 2.24) is 19.9 Å². The van der Waals surface area contributed by atoms with Gasteiger partial charge >= 0.3 is 0 Å². The van der Waals surface area contributed by atoms with Gasteiger partial charge in [-0.05, 0) is 43.3 Å². The number of nitrogens with zero attached hydrogens (tertiary/aromatic N) is 5. The third-order valence-corrected chi connectivity index (χ3v) is 3.28. The van der Waals surface area contributed by atoms with Crippen LogP contribution in [-0.4, -0.2) is 41.1 Å². The molecule has 20 heavy (non-hydrogen) atoms. The Morgan fingerprint density at radius 3 is 2.40 bits per heavy atom. The SMILES string of the molecule is CNc1nc(Sc2cc(C)cc(C)n2)nc(N(C)C)n1. The molecule has 2 rings (SSSR count). The van der Waals surface area contributed by atoms with Crippen LogP contribution in [0.1, 0.15) is 11.3 Å². The number of nitrogens with one attached hydrogen (secondary N) is 1. The lowest BCUT2D eigenvalue weighted by Gasteiger charge is -2.12. The van der Waals surface area contributed by atoms with Crippen molar-refractivity contribution in [2.24, 2.45) is 0 Å². The van der Waals surface area contributed by atoms with Gasteiger partial charge in [0.25, 0.3) is 0 Å². The molecule has 2 aromatic heterocycles. The molecule has 0 aliphatic rings. The third kappa shape index (κ3) is 3.57. The van der Waals surface area contributed by atoms with Crippen molar-refractivity contribution in [3.63, 3.8) is 0 Å². The normalized spacial score (nSPS) is 10.4. The standard InChI is InChI=1S/C13H18N6S/c1-8-6-9(2)15-10(7-8)20-13-17-11(14-3)16-12(18-13)19(4)5/h6-7H,1-5H3,(H,14,16,17,18). The topological polar surface area (TPSA) is 66.8 Å². The summed E-state index contributed by atoms with van der Waals surface area (Å²) in [5.74, 6) is 1.17. The summed E-state index contributed by atoms with van der Waals surface area (Å²) in [7, 11) is 5.59. The second-order valence-electron chi connectivity index (χ2n) is 4.61. The van der Waals surface area contributed by atoms with Crippen molar-refractivity contribution in [2.45, 2.75) is 24.0 Å². The summed E-state index contributed by atoms with van der Waals surface area (Å²) in [4.78, 5) is 19.4. The van der Waals surface area contributed by atoms with E-state index in [0.717, 1.165) is 10.7 Å². The summed E-state index contributed by atoms with van der Waals surface area (Å²) in [6.07, 6.45) is 0. The Kier molecular flexibility index (Phi) is 4.39. The average molecular weight is 290 g/mol. The zero-order valence-electron chi connectivity index (χ0n) is 12.3. The summed E-state index contributed by atoms with van der Waals surface area (Å²) in [5.41, 5.74) is 2.17. The Balaban J connectivity index is 2.34. The average Bonchev–Trinajstić information content (AvgIpc) is 2.36. The van der Waals surface area contributed by atoms with Gasteiger partial charge in [0.1, 0.15) is 5.03 Å². The maximum absolute atomic E-state index is 4.49. The van der Waals surface area contributed by atoms with Crippen molar-refractivity contribution >= 4 is 23.7 Å². The predicted molar refractivity (Wildman–Crippen MR) is 81.5 cm³/mol. The van der Waals surface area contributed by atoms with E-state index in [2.05, 4.69) is 32.2 Å². The first-order chi connectivity index (χ1) is 9.47. The van der Waals surface area contributed by atoms with E-state index in [1.807, 2.05) is 38.1 Å². The van der Waals surface area contributed by atoms with E-state index >= 15 is 0 Å². The second kappa shape index (κ2) is 6.04. The first kappa shape index (κ1) is 14.5. The molecule has 0 bridgehead atoms. The lowest BCUT2D eigenvalue weighted by atomic mass is 10.3. The molecule has 0 radical (unpaired) electrons. The fraction of sp³-hybridized carbons (Fsp3) is 0.385. The summed E-state index contributed by atoms with van der Waals surface area (Å²) >= 11 is 1.44. The van der Waals surface area contributed by atoms with Crippen LogP contribution in [0.2, 0.25) is 0 Å². The number of aromatic nitrogens is 4. The van der Waals surface area contributed by atoms with E-state index in [-0.39, 0.29) is 0 Å². The van der Waals surface area contributed by atoms with Gasteiger partial charge in [-0.25, -0.2) is 4.98 Å². The summed E-state index contributed by atoms with van der Waals surface area (Å²) < 4.78 is 0. The summed E-state index contributed by atoms with van der Waals surface area (Å²) in [5, 5.41) is 4.47. The maximum Gasteiger partial charge on any atom is 0.230 e. The Morgan fingerprint density at radius 1 is 1.05 bits per heavy atom. The van der Waals surface area contributed by atoms with Gasteiger partial charge in [-0.15, -0.1) is 0 Å². The molecule has 0 aromatic carbocycles. The van der Waals surface area contributed by atoms with Gasteiger partial charge in [0.15, 0.2) is 0 Å². The van der Waals surface area contributed by atoms with Crippen LogP contribution in [0.3, 0.4) is 0 Å². The zero-order chi connectivity index (χ0) is 14.7. The van der Waals surface area contributed by atoms with E-state index < -0.39 is 0 Å². The van der Waals surface area contributed by atoms with Crippen molar-refractivity contribution in [1.29, 1.82) is 0 Å². The second-order valence-corrected chi connectivity index (χ2v) is 5.60. The van der Waals surface area contributed by atoms with Gasteiger partial charge < -0.3 is 10.2 Å². The van der Waals surface area contributed by atoms with E-state index in [1.165, 1.54) is 17.3 Å². The molecule has 2 aromatic rings. The molecule has 6 nitrogen and oxygen atoms in total. The lowest BCUT2D eigenvalue weighted by molar-refractivity contribution is 0.867. The van der Waals surface area contributed by atoms with Crippen LogP contribution in [0.25, 0.3) is 0 Å². The minimum Gasteiger partial charge on any atom is -0.357 e. The lowest BCUT2D eigenvalue weighted by Crippen LogP contribution is -2.15. The van der Waals surface area contributed by atoms with Gasteiger partial charge in [-0.2, -0.15) is 15.0 Å². The van der Waals surface area contributed by atoms with Gasteiger partial charge in [0, 0.05) is 26.8 Å². The van der Waals surface area contributed by atoms with Crippen LogP contribution in [0.5, 0.6) is 0 Å². The van der Waals surface area contributed by atoms with Gasteiger partial charge in [-0.1, -0.05) is 0 Å². The number of rotatable bonds is 4. The summed E-state index contributed by atoms with van der Waals surface area (Å²) in [6, 6.07) is 4.07. The fourth-order valence-corrected chi connectivity index (χ4v) is 2.53. The maximum atomic E-state index is 4.49. The molecule has 0 spiro atoms. The van der Waals surface area contributed by atoms with Crippen LogP contribution in [-0.2, 0) is 0 Å². The van der Waals surface area contributed by atoms with Crippen LogP contribution in [0.15, 0.2) is 22.3 Å². The molecule has 2 heterocycles. The first-order valence-electron chi connectivity index (χ1n) is 6.22. The summed E-state index contributed by atoms with van der Waals surface area (Å²) in [6.45, 7) is 4.03. The number of pyridine rings is 1. The molecule has 7 heteroatoms. The number of aryl methyl sites for hydroxylation is 2. The Labute approximate surface area is 123 Å². The number of hydrogen-bond acceptors (Lipinski definition) is 7. The van der Waals surface area contributed by atoms with E-state index in [4.69, 9.17) is 0 Å². The highest BCUT2D eigenvalue weighted by molar-refractivity contribution is 7.99. The largest absolute Gasteiger partial charge is 0.357 e. The molecule has 0 aliphatic carbocycles. The van der Waals surface area contributed by atoms with Crippen LogP contribution in [0.4, 0.5) is 11.9 Å². The van der Waals surface area contributed by atoms with Crippen LogP contribution >= 0.6 is 11.8 Å². The molecule has 0 aliphatic heterocycles. The first-order valence-corrected chi connectivity index (χ1v) is 7.04. The highest BCUT2D eigenvalue weighted by Crippen LogP contribution is 2.25. The van der Waals surface area contributed by atoms with E-state index in [1.54, 1.807) is 7.05 Å². The molecule has 1 N–H and O–H groups in total. The molecule has 0 saturated heterocycles. The smallest absolute Gasteiger partial charge is 0.230 e. The highest BCUT2D eigenvalue weighted by atomic mass is 32.2. The number of hydrogen-bond donors (Lipinski definition) is 1. The Bertz CT molecular complexity index is 594. The molecule has 0 unspecified atom stereocenters. The van der Waals surface area contributed by atoms with Gasteiger partial charge in [0.05, 0.1) is 0 Å². The molecule has 0 amide bonds. The molecule has 0 saturated carbocycles. The van der Waals surface area contributed by atoms with Gasteiger partial charge in [0.2, 0.25) is 17.1 Å².